The average molecular weight is 204 g/mol. The Morgan fingerprint density at radius 2 is 1.86 bits per heavy atom. The van der Waals surface area contributed by atoms with Crippen LogP contribution in [0, 0.1) is 0 Å². The summed E-state index contributed by atoms with van der Waals surface area (Å²) in [6.45, 7) is 6.88. The van der Waals surface area contributed by atoms with E-state index in [-0.39, 0.29) is 12.8 Å². The highest BCUT2D eigenvalue weighted by molar-refractivity contribution is 5.70. The molecule has 0 spiro atoms. The van der Waals surface area contributed by atoms with Gasteiger partial charge in [-0.2, -0.15) is 0 Å². The minimum absolute atomic E-state index is 0.0673. The Labute approximate surface area is 84.9 Å². The minimum atomic E-state index is -0.829. The lowest BCUT2D eigenvalue weighted by molar-refractivity contribution is -0.157. The second-order valence-corrected chi connectivity index (χ2v) is 4.53. The number of aliphatic hydroxyl groups excluding tert-OH is 2. The smallest absolute Gasteiger partial charge is 0.308 e. The fourth-order valence-corrected chi connectivity index (χ4v) is 1.05. The molecule has 0 heterocycles. The second kappa shape index (κ2) is 5.32. The maximum absolute atomic E-state index is 11.2. The van der Waals surface area contributed by atoms with Crippen molar-refractivity contribution < 1.29 is 19.7 Å². The van der Waals surface area contributed by atoms with Gasteiger partial charge in [-0.15, -0.1) is 0 Å². The largest absolute Gasteiger partial charge is 0.460 e. The quantitative estimate of drug-likeness (QED) is 0.666. The Hall–Kier alpha value is -0.610. The molecule has 0 aromatic heterocycles. The Morgan fingerprint density at radius 1 is 1.36 bits per heavy atom. The van der Waals surface area contributed by atoms with Crippen LogP contribution in [0.2, 0.25) is 0 Å². The van der Waals surface area contributed by atoms with Crippen molar-refractivity contribution >= 4 is 5.97 Å². The van der Waals surface area contributed by atoms with E-state index in [9.17, 15) is 9.90 Å². The summed E-state index contributed by atoms with van der Waals surface area (Å²) >= 11 is 0. The van der Waals surface area contributed by atoms with Gasteiger partial charge in [0, 0.05) is 0 Å². The molecule has 2 N–H and O–H groups in total. The molecule has 0 aromatic carbocycles. The lowest BCUT2D eigenvalue weighted by atomic mass is 10.1. The van der Waals surface area contributed by atoms with Crippen molar-refractivity contribution in [3.8, 4) is 0 Å². The third-order valence-electron chi connectivity index (χ3n) is 1.44. The highest BCUT2D eigenvalue weighted by Gasteiger charge is 2.19. The summed E-state index contributed by atoms with van der Waals surface area (Å²) in [5.41, 5.74) is -0.526. The van der Waals surface area contributed by atoms with E-state index in [1.807, 2.05) is 0 Å². The number of carbonyl (C=O) groups excluding carboxylic acids is 1. The first-order valence-electron chi connectivity index (χ1n) is 4.78. The van der Waals surface area contributed by atoms with Gasteiger partial charge < -0.3 is 14.9 Å². The predicted octanol–water partition coefficient (Wildman–Crippen LogP) is 0.850. The van der Waals surface area contributed by atoms with Crippen molar-refractivity contribution in [2.24, 2.45) is 0 Å². The van der Waals surface area contributed by atoms with Gasteiger partial charge in [0.25, 0.3) is 0 Å². The van der Waals surface area contributed by atoms with Crippen molar-refractivity contribution in [3.63, 3.8) is 0 Å². The van der Waals surface area contributed by atoms with Gasteiger partial charge in [-0.3, -0.25) is 4.79 Å². The van der Waals surface area contributed by atoms with Gasteiger partial charge >= 0.3 is 5.97 Å². The molecule has 0 aliphatic carbocycles. The molecule has 0 bridgehead atoms. The first-order valence-corrected chi connectivity index (χ1v) is 4.78. The summed E-state index contributed by atoms with van der Waals surface area (Å²) in [7, 11) is 0. The molecule has 0 rings (SSSR count). The maximum Gasteiger partial charge on any atom is 0.308 e. The van der Waals surface area contributed by atoms with Gasteiger partial charge in [-0.05, 0) is 34.1 Å². The molecule has 0 saturated carbocycles. The zero-order chi connectivity index (χ0) is 11.4. The summed E-state index contributed by atoms with van der Waals surface area (Å²) in [5.74, 6) is -0.439. The number of carbonyl (C=O) groups is 1. The standard InChI is InChI=1S/C10H20O4/c1-7(11)5-8(12)6-9(13)14-10(2,3)4/h7-8,11-12H,5-6H2,1-4H3/t7-,8+/m1/s1. The zero-order valence-corrected chi connectivity index (χ0v) is 9.28. The van der Waals surface area contributed by atoms with Gasteiger partial charge in [-0.25, -0.2) is 0 Å². The van der Waals surface area contributed by atoms with Crippen molar-refractivity contribution in [2.45, 2.75) is 58.3 Å². The van der Waals surface area contributed by atoms with Crippen LogP contribution >= 0.6 is 0 Å². The fourth-order valence-electron chi connectivity index (χ4n) is 1.05. The van der Waals surface area contributed by atoms with E-state index in [1.54, 1.807) is 27.7 Å². The van der Waals surface area contributed by atoms with Crippen molar-refractivity contribution in [3.05, 3.63) is 0 Å². The minimum Gasteiger partial charge on any atom is -0.460 e. The van der Waals surface area contributed by atoms with Gasteiger partial charge in [-0.1, -0.05) is 0 Å². The maximum atomic E-state index is 11.2. The number of hydrogen-bond acceptors (Lipinski definition) is 4. The topological polar surface area (TPSA) is 66.8 Å². The fraction of sp³-hybridized carbons (Fsp3) is 0.900. The van der Waals surface area contributed by atoms with Crippen LogP contribution in [-0.2, 0) is 9.53 Å². The summed E-state index contributed by atoms with van der Waals surface area (Å²) in [6.07, 6.45) is -1.31. The van der Waals surface area contributed by atoms with Crippen LogP contribution in [0.4, 0.5) is 0 Å². The summed E-state index contributed by atoms with van der Waals surface area (Å²) in [5, 5.41) is 18.3. The SMILES string of the molecule is C[C@@H](O)C[C@H](O)CC(=O)OC(C)(C)C. The molecule has 0 saturated heterocycles. The molecule has 0 unspecified atom stereocenters. The van der Waals surface area contributed by atoms with Crippen LogP contribution in [0.15, 0.2) is 0 Å². The highest BCUT2D eigenvalue weighted by Crippen LogP contribution is 2.10. The number of esters is 1. The van der Waals surface area contributed by atoms with Gasteiger partial charge in [0.15, 0.2) is 0 Å². The van der Waals surface area contributed by atoms with Crippen LogP contribution in [0.3, 0.4) is 0 Å². The van der Waals surface area contributed by atoms with E-state index in [4.69, 9.17) is 9.84 Å². The Morgan fingerprint density at radius 3 is 2.21 bits per heavy atom. The Kier molecular flexibility index (Phi) is 5.08. The third-order valence-corrected chi connectivity index (χ3v) is 1.44. The molecule has 0 aromatic rings. The van der Waals surface area contributed by atoms with Gasteiger partial charge in [0.1, 0.15) is 5.60 Å². The molecular weight excluding hydrogens is 184 g/mol. The van der Waals surface area contributed by atoms with Gasteiger partial charge in [0.2, 0.25) is 0 Å². The van der Waals surface area contributed by atoms with E-state index in [0.717, 1.165) is 0 Å². The lowest BCUT2D eigenvalue weighted by Gasteiger charge is -2.20. The summed E-state index contributed by atoms with van der Waals surface area (Å²) < 4.78 is 5.01. The van der Waals surface area contributed by atoms with E-state index in [1.165, 1.54) is 0 Å². The number of aliphatic hydroxyl groups is 2. The van der Waals surface area contributed by atoms with Crippen LogP contribution in [0.5, 0.6) is 0 Å². The summed E-state index contributed by atoms with van der Waals surface area (Å²) in [4.78, 5) is 11.2. The highest BCUT2D eigenvalue weighted by atomic mass is 16.6. The molecule has 0 aliphatic heterocycles. The molecule has 4 heteroatoms. The van der Waals surface area contributed by atoms with Crippen molar-refractivity contribution in [1.29, 1.82) is 0 Å². The van der Waals surface area contributed by atoms with Gasteiger partial charge in [0.05, 0.1) is 18.6 Å². The number of hydrogen-bond donors (Lipinski definition) is 2. The monoisotopic (exact) mass is 204 g/mol. The second-order valence-electron chi connectivity index (χ2n) is 4.53. The molecule has 0 amide bonds. The molecule has 0 radical (unpaired) electrons. The normalized spacial score (nSPS) is 16.1. The molecule has 84 valence electrons. The Bertz CT molecular complexity index is 181. The summed E-state index contributed by atoms with van der Waals surface area (Å²) in [6, 6.07) is 0. The number of rotatable bonds is 4. The van der Waals surface area contributed by atoms with Crippen LogP contribution < -0.4 is 0 Å². The first kappa shape index (κ1) is 13.4. The van der Waals surface area contributed by atoms with Crippen LogP contribution in [0.1, 0.15) is 40.5 Å². The average Bonchev–Trinajstić information content (AvgIpc) is 1.77. The molecule has 0 fully saturated rings. The Balaban J connectivity index is 3.83. The molecule has 4 nitrogen and oxygen atoms in total. The first-order chi connectivity index (χ1) is 6.20. The number of ether oxygens (including phenoxy) is 1. The molecule has 14 heavy (non-hydrogen) atoms. The van der Waals surface area contributed by atoms with Crippen LogP contribution in [-0.4, -0.2) is 34.0 Å². The van der Waals surface area contributed by atoms with E-state index in [2.05, 4.69) is 0 Å². The molecule has 2 atom stereocenters. The van der Waals surface area contributed by atoms with Crippen molar-refractivity contribution in [1.82, 2.24) is 0 Å². The zero-order valence-electron chi connectivity index (χ0n) is 9.28. The third kappa shape index (κ3) is 8.01. The van der Waals surface area contributed by atoms with E-state index >= 15 is 0 Å². The van der Waals surface area contributed by atoms with Crippen LogP contribution in [0.25, 0.3) is 0 Å². The van der Waals surface area contributed by atoms with E-state index < -0.39 is 23.8 Å². The predicted molar refractivity (Wildman–Crippen MR) is 52.8 cm³/mol. The molecular formula is C10H20O4. The molecule has 0 aliphatic rings. The van der Waals surface area contributed by atoms with E-state index in [0.29, 0.717) is 0 Å². The lowest BCUT2D eigenvalue weighted by Crippen LogP contribution is -2.27. The van der Waals surface area contributed by atoms with Crippen molar-refractivity contribution in [2.75, 3.05) is 0 Å².